The Bertz CT molecular complexity index is 1490. The average Bonchev–Trinajstić information content (AvgIpc) is 2.87. The lowest BCUT2D eigenvalue weighted by Crippen LogP contribution is -2.43. The highest BCUT2D eigenvalue weighted by atomic mass is 16.6. The van der Waals surface area contributed by atoms with Crippen molar-refractivity contribution < 1.29 is 9.53 Å². The zero-order valence-electron chi connectivity index (χ0n) is 18.3. The quantitative estimate of drug-likeness (QED) is 0.295. The fraction of sp³-hybridized carbons (Fsp3) is 0.100. The number of hydrogen-bond donors (Lipinski definition) is 0. The molecule has 0 bridgehead atoms. The van der Waals surface area contributed by atoms with Crippen LogP contribution in [0.3, 0.4) is 0 Å². The predicted octanol–water partition coefficient (Wildman–Crippen LogP) is 7.66. The topological polar surface area (TPSA) is 29.5 Å². The van der Waals surface area contributed by atoms with Crippen LogP contribution in [0.5, 0.6) is 5.75 Å². The molecule has 5 aromatic rings. The first-order chi connectivity index (χ1) is 16.2. The molecular weight excluding hydrogens is 406 g/mol. The van der Waals surface area contributed by atoms with Crippen molar-refractivity contribution in [1.82, 2.24) is 4.90 Å². The van der Waals surface area contributed by atoms with E-state index in [-0.39, 0.29) is 18.2 Å². The zero-order valence-corrected chi connectivity index (χ0v) is 18.3. The van der Waals surface area contributed by atoms with Gasteiger partial charge < -0.3 is 4.74 Å². The van der Waals surface area contributed by atoms with Gasteiger partial charge in [0.2, 0.25) is 0 Å². The van der Waals surface area contributed by atoms with Gasteiger partial charge in [-0.3, -0.25) is 4.90 Å². The van der Waals surface area contributed by atoms with Gasteiger partial charge in [-0.05, 0) is 51.7 Å². The lowest BCUT2D eigenvalue weighted by Gasteiger charge is -2.41. The second-order valence-electron chi connectivity index (χ2n) is 8.57. The second kappa shape index (κ2) is 7.79. The Morgan fingerprint density at radius 1 is 0.727 bits per heavy atom. The van der Waals surface area contributed by atoms with Crippen LogP contribution in [0, 0.1) is 0 Å². The zero-order chi connectivity index (χ0) is 22.4. The number of ether oxygens (including phenoxy) is 1. The van der Waals surface area contributed by atoms with Gasteiger partial charge in [0.25, 0.3) is 0 Å². The first-order valence-corrected chi connectivity index (χ1v) is 11.3. The van der Waals surface area contributed by atoms with Crippen molar-refractivity contribution in [2.75, 3.05) is 0 Å². The lowest BCUT2D eigenvalue weighted by molar-refractivity contribution is 0.106. The number of nitrogens with zero attached hydrogens (tertiary/aromatic N) is 1. The Morgan fingerprint density at radius 2 is 1.39 bits per heavy atom. The summed E-state index contributed by atoms with van der Waals surface area (Å²) >= 11 is 0. The summed E-state index contributed by atoms with van der Waals surface area (Å²) in [6, 6.07) is 36.8. The molecule has 0 saturated carbocycles. The first-order valence-electron chi connectivity index (χ1n) is 11.3. The fourth-order valence-electron chi connectivity index (χ4n) is 5.02. The Kier molecular flexibility index (Phi) is 4.62. The minimum atomic E-state index is -0.327. The number of rotatable bonds is 3. The van der Waals surface area contributed by atoms with Crippen molar-refractivity contribution >= 4 is 27.6 Å². The van der Waals surface area contributed by atoms with Crippen LogP contribution in [-0.4, -0.2) is 11.0 Å². The van der Waals surface area contributed by atoms with Gasteiger partial charge in [0, 0.05) is 5.56 Å². The smallest absolute Gasteiger partial charge is 0.410 e. The molecule has 5 aromatic carbocycles. The van der Waals surface area contributed by atoms with Crippen molar-refractivity contribution in [1.29, 1.82) is 0 Å². The third-order valence-electron chi connectivity index (χ3n) is 6.68. The van der Waals surface area contributed by atoms with Gasteiger partial charge in [-0.25, -0.2) is 4.79 Å². The van der Waals surface area contributed by atoms with Crippen molar-refractivity contribution in [3.63, 3.8) is 0 Å². The fourth-order valence-corrected chi connectivity index (χ4v) is 5.02. The Balaban J connectivity index is 1.62. The SMILES string of the molecule is C[C@H](c1ccccc1)N1C(=O)Oc2ccc3ccccc3c2C1c1ccc2ccccc2c1. The van der Waals surface area contributed by atoms with Crippen LogP contribution in [0.1, 0.15) is 35.7 Å². The van der Waals surface area contributed by atoms with Crippen LogP contribution >= 0.6 is 0 Å². The third-order valence-corrected chi connectivity index (χ3v) is 6.68. The van der Waals surface area contributed by atoms with Crippen LogP contribution in [0.2, 0.25) is 0 Å². The maximum Gasteiger partial charge on any atom is 0.416 e. The molecule has 0 spiro atoms. The summed E-state index contributed by atoms with van der Waals surface area (Å²) in [5.41, 5.74) is 3.18. The summed E-state index contributed by atoms with van der Waals surface area (Å²) in [6.07, 6.45) is -0.327. The number of benzene rings is 5. The van der Waals surface area contributed by atoms with Gasteiger partial charge in [0.15, 0.2) is 0 Å². The summed E-state index contributed by atoms with van der Waals surface area (Å²) in [5.74, 6) is 0.633. The largest absolute Gasteiger partial charge is 0.416 e. The van der Waals surface area contributed by atoms with Crippen LogP contribution < -0.4 is 4.74 Å². The molecule has 160 valence electrons. The van der Waals surface area contributed by atoms with E-state index in [1.54, 1.807) is 0 Å². The molecule has 1 aliphatic rings. The lowest BCUT2D eigenvalue weighted by atomic mass is 9.88. The molecule has 0 radical (unpaired) electrons. The molecule has 0 aliphatic carbocycles. The van der Waals surface area contributed by atoms with Crippen molar-refractivity contribution in [2.45, 2.75) is 19.0 Å². The minimum absolute atomic E-state index is 0.165. The number of carbonyl (C=O) groups is 1. The number of fused-ring (bicyclic) bond motifs is 4. The Labute approximate surface area is 192 Å². The Morgan fingerprint density at radius 3 is 2.21 bits per heavy atom. The second-order valence-corrected chi connectivity index (χ2v) is 8.57. The summed E-state index contributed by atoms with van der Waals surface area (Å²) in [6.45, 7) is 2.07. The monoisotopic (exact) mass is 429 g/mol. The molecule has 2 atom stereocenters. The number of carbonyl (C=O) groups excluding carboxylic acids is 1. The average molecular weight is 430 g/mol. The van der Waals surface area contributed by atoms with Gasteiger partial charge in [-0.15, -0.1) is 0 Å². The minimum Gasteiger partial charge on any atom is -0.410 e. The van der Waals surface area contributed by atoms with E-state index < -0.39 is 0 Å². The van der Waals surface area contributed by atoms with E-state index >= 15 is 0 Å². The molecule has 0 saturated heterocycles. The molecule has 1 aliphatic heterocycles. The normalized spacial score (nSPS) is 16.5. The predicted molar refractivity (Wildman–Crippen MR) is 132 cm³/mol. The van der Waals surface area contributed by atoms with Crippen LogP contribution in [0.4, 0.5) is 4.79 Å². The van der Waals surface area contributed by atoms with Gasteiger partial charge in [-0.1, -0.05) is 97.1 Å². The Hall–Kier alpha value is -4.11. The highest BCUT2D eigenvalue weighted by Gasteiger charge is 2.39. The van der Waals surface area contributed by atoms with Crippen molar-refractivity contribution in [3.05, 3.63) is 126 Å². The molecule has 0 N–H and O–H groups in total. The van der Waals surface area contributed by atoms with Gasteiger partial charge >= 0.3 is 6.09 Å². The van der Waals surface area contributed by atoms with Crippen LogP contribution in [0.15, 0.2) is 109 Å². The molecule has 0 aromatic heterocycles. The number of amides is 1. The third kappa shape index (κ3) is 3.25. The van der Waals surface area contributed by atoms with E-state index in [9.17, 15) is 4.79 Å². The van der Waals surface area contributed by atoms with E-state index in [1.807, 2.05) is 53.4 Å². The molecule has 1 amide bonds. The standard InChI is InChI=1S/C30H23NO2/c1-20(21-9-3-2-4-10-21)31-29(25-16-15-22-11-5-6-13-24(22)19-25)28-26-14-8-7-12-23(26)17-18-27(28)33-30(31)32/h2-20,29H,1H3/t20-,29?/m1/s1. The molecule has 1 heterocycles. The van der Waals surface area contributed by atoms with Gasteiger partial charge in [-0.2, -0.15) is 0 Å². The molecule has 3 nitrogen and oxygen atoms in total. The van der Waals surface area contributed by atoms with E-state index in [4.69, 9.17) is 4.74 Å². The van der Waals surface area contributed by atoms with E-state index in [0.29, 0.717) is 5.75 Å². The molecule has 6 rings (SSSR count). The molecule has 1 unspecified atom stereocenters. The molecular formula is C30H23NO2. The molecule has 33 heavy (non-hydrogen) atoms. The van der Waals surface area contributed by atoms with E-state index in [1.165, 1.54) is 5.39 Å². The highest BCUT2D eigenvalue weighted by Crippen LogP contribution is 2.46. The summed E-state index contributed by atoms with van der Waals surface area (Å²) in [7, 11) is 0. The van der Waals surface area contributed by atoms with Gasteiger partial charge in [0.1, 0.15) is 5.75 Å². The summed E-state index contributed by atoms with van der Waals surface area (Å²) < 4.78 is 5.92. The molecule has 0 fully saturated rings. The van der Waals surface area contributed by atoms with Crippen molar-refractivity contribution in [2.24, 2.45) is 0 Å². The van der Waals surface area contributed by atoms with Crippen LogP contribution in [0.25, 0.3) is 21.5 Å². The van der Waals surface area contributed by atoms with E-state index in [0.717, 1.165) is 32.8 Å². The first kappa shape index (κ1) is 19.6. The molecule has 3 heteroatoms. The highest BCUT2D eigenvalue weighted by molar-refractivity contribution is 5.92. The summed E-state index contributed by atoms with van der Waals surface area (Å²) in [5, 5.41) is 4.57. The summed E-state index contributed by atoms with van der Waals surface area (Å²) in [4.78, 5) is 15.3. The number of hydrogen-bond acceptors (Lipinski definition) is 2. The van der Waals surface area contributed by atoms with E-state index in [2.05, 4.69) is 67.6 Å². The van der Waals surface area contributed by atoms with Crippen LogP contribution in [-0.2, 0) is 0 Å². The van der Waals surface area contributed by atoms with Crippen molar-refractivity contribution in [3.8, 4) is 5.75 Å². The maximum atomic E-state index is 13.5. The van der Waals surface area contributed by atoms with Gasteiger partial charge in [0.05, 0.1) is 12.1 Å². The maximum absolute atomic E-state index is 13.5.